The van der Waals surface area contributed by atoms with E-state index >= 15 is 0 Å². The third-order valence-electron chi connectivity index (χ3n) is 4.01. The van der Waals surface area contributed by atoms with Crippen molar-refractivity contribution in [1.82, 2.24) is 0 Å². The van der Waals surface area contributed by atoms with Gasteiger partial charge in [-0.2, -0.15) is 0 Å². The normalized spacial score (nSPS) is 64.5. The van der Waals surface area contributed by atoms with E-state index in [4.69, 9.17) is 9.47 Å². The summed E-state index contributed by atoms with van der Waals surface area (Å²) in [4.78, 5) is 11.3. The molecular formula is C9H10O3. The number of rotatable bonds is 0. The van der Waals surface area contributed by atoms with Crippen LogP contribution in [0.5, 0.6) is 0 Å². The van der Waals surface area contributed by atoms with Crippen LogP contribution in [0, 0.1) is 17.8 Å². The van der Waals surface area contributed by atoms with Crippen LogP contribution in [0.2, 0.25) is 0 Å². The minimum absolute atomic E-state index is 0.0430. The van der Waals surface area contributed by atoms with E-state index in [1.807, 2.05) is 0 Å². The predicted molar refractivity (Wildman–Crippen MR) is 38.2 cm³/mol. The van der Waals surface area contributed by atoms with Crippen LogP contribution in [-0.4, -0.2) is 24.3 Å². The summed E-state index contributed by atoms with van der Waals surface area (Å²) in [5.41, 5.74) is 0. The van der Waals surface area contributed by atoms with Crippen LogP contribution in [0.1, 0.15) is 12.8 Å². The molecule has 2 saturated carbocycles. The maximum absolute atomic E-state index is 11.3. The molecular weight excluding hydrogens is 156 g/mol. The molecule has 0 radical (unpaired) electrons. The highest BCUT2D eigenvalue weighted by Gasteiger charge is 2.71. The van der Waals surface area contributed by atoms with Gasteiger partial charge < -0.3 is 9.47 Å². The molecule has 0 N–H and O–H groups in total. The number of fused-ring (bicyclic) bond motifs is 3. The Hall–Kier alpha value is -0.570. The Labute approximate surface area is 70.0 Å². The summed E-state index contributed by atoms with van der Waals surface area (Å²) in [5, 5.41) is 0. The molecule has 4 fully saturated rings. The summed E-state index contributed by atoms with van der Waals surface area (Å²) >= 11 is 0. The highest BCUT2D eigenvalue weighted by molar-refractivity contribution is 5.76. The van der Waals surface area contributed by atoms with Gasteiger partial charge in [0.25, 0.3) is 0 Å². The molecule has 0 unspecified atom stereocenters. The van der Waals surface area contributed by atoms with E-state index in [1.165, 1.54) is 6.42 Å². The van der Waals surface area contributed by atoms with Gasteiger partial charge in [-0.3, -0.25) is 4.79 Å². The van der Waals surface area contributed by atoms with Gasteiger partial charge in [0.15, 0.2) is 0 Å². The van der Waals surface area contributed by atoms with Crippen molar-refractivity contribution >= 4 is 5.97 Å². The van der Waals surface area contributed by atoms with Gasteiger partial charge in [0.1, 0.15) is 12.2 Å². The van der Waals surface area contributed by atoms with Crippen LogP contribution >= 0.6 is 0 Å². The molecule has 0 spiro atoms. The molecule has 2 saturated heterocycles. The van der Waals surface area contributed by atoms with Crippen LogP contribution in [0.4, 0.5) is 0 Å². The van der Waals surface area contributed by atoms with Gasteiger partial charge in [0.2, 0.25) is 0 Å². The van der Waals surface area contributed by atoms with Gasteiger partial charge >= 0.3 is 5.97 Å². The first-order valence-corrected chi connectivity index (χ1v) is 4.72. The smallest absolute Gasteiger partial charge is 0.309 e. The first-order valence-electron chi connectivity index (χ1n) is 4.72. The zero-order chi connectivity index (χ0) is 7.87. The van der Waals surface area contributed by atoms with Crippen LogP contribution in [-0.2, 0) is 14.3 Å². The lowest BCUT2D eigenvalue weighted by atomic mass is 9.92. The van der Waals surface area contributed by atoms with Gasteiger partial charge in [-0.15, -0.1) is 0 Å². The van der Waals surface area contributed by atoms with Crippen LogP contribution in [0.15, 0.2) is 0 Å². The number of esters is 1. The van der Waals surface area contributed by atoms with Gasteiger partial charge in [-0.1, -0.05) is 0 Å². The van der Waals surface area contributed by atoms with Gasteiger partial charge in [-0.25, -0.2) is 0 Å². The average molecular weight is 166 g/mol. The molecule has 3 nitrogen and oxygen atoms in total. The topological polar surface area (TPSA) is 38.8 Å². The lowest BCUT2D eigenvalue weighted by molar-refractivity contribution is -0.145. The Kier molecular flexibility index (Phi) is 0.773. The highest BCUT2D eigenvalue weighted by atomic mass is 16.6. The van der Waals surface area contributed by atoms with E-state index in [0.717, 1.165) is 6.42 Å². The number of carbonyl (C=O) groups excluding carboxylic acids is 1. The monoisotopic (exact) mass is 166 g/mol. The number of carbonyl (C=O) groups is 1. The van der Waals surface area contributed by atoms with Crippen molar-refractivity contribution < 1.29 is 14.3 Å². The quantitative estimate of drug-likeness (QED) is 0.384. The molecule has 6 atom stereocenters. The van der Waals surface area contributed by atoms with Crippen molar-refractivity contribution in [3.05, 3.63) is 0 Å². The Morgan fingerprint density at radius 1 is 1.17 bits per heavy atom. The fourth-order valence-electron chi connectivity index (χ4n) is 3.52. The zero-order valence-corrected chi connectivity index (χ0v) is 6.60. The van der Waals surface area contributed by atoms with Gasteiger partial charge in [0.05, 0.1) is 12.0 Å². The van der Waals surface area contributed by atoms with E-state index in [0.29, 0.717) is 17.9 Å². The Morgan fingerprint density at radius 2 is 2.08 bits per heavy atom. The van der Waals surface area contributed by atoms with Gasteiger partial charge in [-0.05, 0) is 18.8 Å². The first-order chi connectivity index (χ1) is 5.86. The molecule has 0 aromatic heterocycles. The molecule has 4 aliphatic rings. The lowest BCUT2D eigenvalue weighted by Crippen LogP contribution is -2.21. The van der Waals surface area contributed by atoms with E-state index < -0.39 is 0 Å². The molecule has 2 aliphatic carbocycles. The third kappa shape index (κ3) is 0.454. The number of ether oxygens (including phenoxy) is 2. The molecule has 0 bridgehead atoms. The number of epoxide rings is 1. The molecule has 4 rings (SSSR count). The van der Waals surface area contributed by atoms with E-state index in [1.54, 1.807) is 0 Å². The highest BCUT2D eigenvalue weighted by Crippen LogP contribution is 2.60. The fourth-order valence-corrected chi connectivity index (χ4v) is 3.52. The maximum atomic E-state index is 11.3. The van der Waals surface area contributed by atoms with Gasteiger partial charge in [0, 0.05) is 5.92 Å². The lowest BCUT2D eigenvalue weighted by Gasteiger charge is -2.13. The summed E-state index contributed by atoms with van der Waals surface area (Å²) < 4.78 is 10.8. The molecule has 64 valence electrons. The Morgan fingerprint density at radius 3 is 3.00 bits per heavy atom. The SMILES string of the molecule is O=C1O[C@@H]2[C@H]3O[C@H]3[C@@H]3CC[C@H]1[C@@H]32. The van der Waals surface area contributed by atoms with Crippen LogP contribution in [0.3, 0.4) is 0 Å². The molecule has 3 heteroatoms. The molecule has 0 amide bonds. The van der Waals surface area contributed by atoms with E-state index in [9.17, 15) is 4.79 Å². The van der Waals surface area contributed by atoms with Crippen molar-refractivity contribution in [3.8, 4) is 0 Å². The average Bonchev–Trinajstić information content (AvgIpc) is 2.50. The number of hydrogen-bond acceptors (Lipinski definition) is 3. The summed E-state index contributed by atoms with van der Waals surface area (Å²) in [7, 11) is 0. The molecule has 0 aromatic carbocycles. The molecule has 2 heterocycles. The van der Waals surface area contributed by atoms with E-state index in [2.05, 4.69) is 0 Å². The minimum atomic E-state index is 0.0430. The summed E-state index contributed by atoms with van der Waals surface area (Å²) in [6.07, 6.45) is 3.10. The molecule has 2 aliphatic heterocycles. The van der Waals surface area contributed by atoms with E-state index in [-0.39, 0.29) is 24.1 Å². The second-order valence-electron chi connectivity index (χ2n) is 4.39. The minimum Gasteiger partial charge on any atom is -0.459 e. The van der Waals surface area contributed by atoms with Crippen molar-refractivity contribution in [3.63, 3.8) is 0 Å². The van der Waals surface area contributed by atoms with Crippen molar-refractivity contribution in [2.45, 2.75) is 31.2 Å². The second kappa shape index (κ2) is 1.55. The Balaban J connectivity index is 1.83. The number of hydrogen-bond donors (Lipinski definition) is 0. The predicted octanol–water partition coefficient (Wildman–Crippen LogP) is 0.335. The Bertz CT molecular complexity index is 275. The third-order valence-corrected chi connectivity index (χ3v) is 4.01. The fraction of sp³-hybridized carbons (Fsp3) is 0.889. The zero-order valence-electron chi connectivity index (χ0n) is 6.60. The largest absolute Gasteiger partial charge is 0.459 e. The van der Waals surface area contributed by atoms with Crippen LogP contribution in [0.25, 0.3) is 0 Å². The first kappa shape index (κ1) is 5.97. The van der Waals surface area contributed by atoms with Crippen molar-refractivity contribution in [2.75, 3.05) is 0 Å². The summed E-state index contributed by atoms with van der Waals surface area (Å²) in [6.45, 7) is 0. The molecule has 12 heavy (non-hydrogen) atoms. The summed E-state index contributed by atoms with van der Waals surface area (Å²) in [6, 6.07) is 0. The second-order valence-corrected chi connectivity index (χ2v) is 4.39. The standard InChI is InChI=1S/C9H10O3/c10-9-4-2-1-3-5(4)7(12-9)8-6(3)11-8/h3-8H,1-2H2/t3-,4+,5-,6+,7+,8+/m1/s1. The molecule has 0 aromatic rings. The van der Waals surface area contributed by atoms with Crippen molar-refractivity contribution in [2.24, 2.45) is 17.8 Å². The summed E-state index contributed by atoms with van der Waals surface area (Å²) in [5.74, 6) is 1.45. The van der Waals surface area contributed by atoms with Crippen molar-refractivity contribution in [1.29, 1.82) is 0 Å². The van der Waals surface area contributed by atoms with Crippen LogP contribution < -0.4 is 0 Å². The maximum Gasteiger partial charge on any atom is 0.309 e.